The summed E-state index contributed by atoms with van der Waals surface area (Å²) >= 11 is 2.09. The van der Waals surface area contributed by atoms with Gasteiger partial charge in [-0.05, 0) is 32.6 Å². The SMILES string of the molecule is CCNC(=NCC1(N2CCSCC2)CCCC1)NCC1CCCO1.I. The van der Waals surface area contributed by atoms with Gasteiger partial charge in [-0.1, -0.05) is 12.8 Å². The highest BCUT2D eigenvalue weighted by molar-refractivity contribution is 14.0. The van der Waals surface area contributed by atoms with Crippen molar-refractivity contribution in [1.82, 2.24) is 15.5 Å². The van der Waals surface area contributed by atoms with Crippen LogP contribution in [0.5, 0.6) is 0 Å². The van der Waals surface area contributed by atoms with E-state index in [9.17, 15) is 0 Å². The van der Waals surface area contributed by atoms with Crippen LogP contribution < -0.4 is 10.6 Å². The molecule has 2 heterocycles. The van der Waals surface area contributed by atoms with Crippen molar-refractivity contribution in [3.05, 3.63) is 0 Å². The Kier molecular flexibility index (Phi) is 9.65. The normalized spacial score (nSPS) is 27.1. The largest absolute Gasteiger partial charge is 0.376 e. The van der Waals surface area contributed by atoms with E-state index in [4.69, 9.17) is 9.73 Å². The lowest BCUT2D eigenvalue weighted by molar-refractivity contribution is 0.111. The lowest BCUT2D eigenvalue weighted by Crippen LogP contribution is -2.53. The van der Waals surface area contributed by atoms with Crippen LogP contribution in [0.25, 0.3) is 0 Å². The third kappa shape index (κ3) is 6.14. The first-order valence-corrected chi connectivity index (χ1v) is 10.9. The molecule has 2 aliphatic heterocycles. The van der Waals surface area contributed by atoms with Crippen molar-refractivity contribution in [3.8, 4) is 0 Å². The Bertz CT molecular complexity index is 406. The van der Waals surface area contributed by atoms with Crippen molar-refractivity contribution in [1.29, 1.82) is 0 Å². The van der Waals surface area contributed by atoms with Gasteiger partial charge >= 0.3 is 0 Å². The lowest BCUT2D eigenvalue weighted by atomic mass is 9.95. The summed E-state index contributed by atoms with van der Waals surface area (Å²) in [5.41, 5.74) is 0.313. The number of aliphatic imine (C=N–C) groups is 1. The second-order valence-electron chi connectivity index (χ2n) is 7.24. The molecule has 5 nitrogen and oxygen atoms in total. The molecule has 2 N–H and O–H groups in total. The number of rotatable bonds is 6. The number of ether oxygens (including phenoxy) is 1. The molecule has 0 aromatic heterocycles. The number of nitrogens with zero attached hydrogens (tertiary/aromatic N) is 2. The molecule has 0 radical (unpaired) electrons. The van der Waals surface area contributed by atoms with E-state index in [-0.39, 0.29) is 24.0 Å². The standard InChI is InChI=1S/C18H34N4OS.HI/c1-2-19-17(20-14-16-6-5-11-23-16)21-15-18(7-3-4-8-18)22-9-12-24-13-10-22;/h16H,2-15H2,1H3,(H2,19,20,21);1H. The predicted octanol–water partition coefficient (Wildman–Crippen LogP) is 2.70. The van der Waals surface area contributed by atoms with Crippen molar-refractivity contribution < 1.29 is 4.74 Å². The molecule has 25 heavy (non-hydrogen) atoms. The zero-order chi connectivity index (χ0) is 16.7. The van der Waals surface area contributed by atoms with Gasteiger partial charge < -0.3 is 15.4 Å². The Morgan fingerprint density at radius 3 is 2.60 bits per heavy atom. The predicted molar refractivity (Wildman–Crippen MR) is 118 cm³/mol. The van der Waals surface area contributed by atoms with Crippen molar-refractivity contribution in [2.24, 2.45) is 4.99 Å². The maximum Gasteiger partial charge on any atom is 0.191 e. The molecule has 0 spiro atoms. The highest BCUT2D eigenvalue weighted by Gasteiger charge is 2.39. The number of hydrogen-bond donors (Lipinski definition) is 2. The number of thioether (sulfide) groups is 1. The molecular weight excluding hydrogens is 447 g/mol. The fourth-order valence-corrected chi connectivity index (χ4v) is 5.13. The number of hydrogen-bond acceptors (Lipinski definition) is 4. The molecule has 1 saturated carbocycles. The fourth-order valence-electron chi connectivity index (χ4n) is 4.23. The monoisotopic (exact) mass is 482 g/mol. The molecule has 1 atom stereocenters. The third-order valence-corrected chi connectivity index (χ3v) is 6.56. The summed E-state index contributed by atoms with van der Waals surface area (Å²) in [6.07, 6.45) is 8.06. The highest BCUT2D eigenvalue weighted by atomic mass is 127. The molecule has 0 bridgehead atoms. The molecule has 1 aliphatic carbocycles. The Morgan fingerprint density at radius 1 is 1.20 bits per heavy atom. The van der Waals surface area contributed by atoms with E-state index >= 15 is 0 Å². The Hall–Kier alpha value is 0.270. The summed E-state index contributed by atoms with van der Waals surface area (Å²) in [4.78, 5) is 7.73. The van der Waals surface area contributed by atoms with Crippen LogP contribution in [0.4, 0.5) is 0 Å². The molecule has 2 saturated heterocycles. The molecule has 7 heteroatoms. The first-order chi connectivity index (χ1) is 11.8. The van der Waals surface area contributed by atoms with Crippen molar-refractivity contribution in [3.63, 3.8) is 0 Å². The van der Waals surface area contributed by atoms with Gasteiger partial charge in [-0.25, -0.2) is 0 Å². The second-order valence-corrected chi connectivity index (χ2v) is 8.47. The van der Waals surface area contributed by atoms with Gasteiger partial charge in [0.15, 0.2) is 5.96 Å². The molecule has 3 aliphatic rings. The first kappa shape index (κ1) is 21.6. The smallest absolute Gasteiger partial charge is 0.191 e. The first-order valence-electron chi connectivity index (χ1n) is 9.79. The van der Waals surface area contributed by atoms with Crippen LogP contribution in [0.2, 0.25) is 0 Å². The third-order valence-electron chi connectivity index (χ3n) is 5.61. The van der Waals surface area contributed by atoms with Gasteiger partial charge in [0, 0.05) is 49.8 Å². The summed E-state index contributed by atoms with van der Waals surface area (Å²) in [7, 11) is 0. The summed E-state index contributed by atoms with van der Waals surface area (Å²) in [6.45, 7) is 8.23. The van der Waals surface area contributed by atoms with Crippen LogP contribution in [0, 0.1) is 0 Å². The van der Waals surface area contributed by atoms with Gasteiger partial charge in [0.05, 0.1) is 12.6 Å². The molecule has 0 amide bonds. The van der Waals surface area contributed by atoms with E-state index in [1.54, 1.807) is 0 Å². The molecule has 1 unspecified atom stereocenters. The Balaban J connectivity index is 0.00000225. The van der Waals surface area contributed by atoms with E-state index in [2.05, 4.69) is 34.2 Å². The highest BCUT2D eigenvalue weighted by Crippen LogP contribution is 2.37. The van der Waals surface area contributed by atoms with Crippen LogP contribution in [-0.2, 0) is 4.74 Å². The summed E-state index contributed by atoms with van der Waals surface area (Å²) in [5, 5.41) is 6.91. The van der Waals surface area contributed by atoms with E-state index in [1.807, 2.05) is 0 Å². The van der Waals surface area contributed by atoms with Gasteiger partial charge in [-0.15, -0.1) is 24.0 Å². The molecule has 0 aromatic rings. The maximum atomic E-state index is 5.72. The van der Waals surface area contributed by atoms with E-state index in [0.29, 0.717) is 11.6 Å². The lowest BCUT2D eigenvalue weighted by Gasteiger charge is -2.42. The molecular formula is C18H35IN4OS. The van der Waals surface area contributed by atoms with Crippen LogP contribution in [0.1, 0.15) is 45.4 Å². The van der Waals surface area contributed by atoms with E-state index in [1.165, 1.54) is 63.1 Å². The quantitative estimate of drug-likeness (QED) is 0.347. The van der Waals surface area contributed by atoms with Gasteiger partial charge in [-0.3, -0.25) is 9.89 Å². The molecule has 146 valence electrons. The molecule has 3 rings (SSSR count). The van der Waals surface area contributed by atoms with Crippen LogP contribution in [0.3, 0.4) is 0 Å². The minimum atomic E-state index is 0. The van der Waals surface area contributed by atoms with Crippen LogP contribution in [-0.4, -0.2) is 73.3 Å². The zero-order valence-corrected chi connectivity index (χ0v) is 18.7. The number of nitrogens with one attached hydrogen (secondary N) is 2. The Labute approximate surface area is 174 Å². The average Bonchev–Trinajstić information content (AvgIpc) is 3.31. The average molecular weight is 482 g/mol. The van der Waals surface area contributed by atoms with Gasteiger partial charge in [-0.2, -0.15) is 11.8 Å². The van der Waals surface area contributed by atoms with Gasteiger partial charge in [0.1, 0.15) is 0 Å². The minimum absolute atomic E-state index is 0. The van der Waals surface area contributed by atoms with E-state index in [0.717, 1.165) is 32.2 Å². The topological polar surface area (TPSA) is 48.9 Å². The summed E-state index contributed by atoms with van der Waals surface area (Å²) in [6, 6.07) is 0. The van der Waals surface area contributed by atoms with Gasteiger partial charge in [0.2, 0.25) is 0 Å². The summed E-state index contributed by atoms with van der Waals surface area (Å²) in [5.74, 6) is 3.52. The molecule has 0 aromatic carbocycles. The molecule has 3 fully saturated rings. The summed E-state index contributed by atoms with van der Waals surface area (Å²) < 4.78 is 5.72. The van der Waals surface area contributed by atoms with Gasteiger partial charge in [0.25, 0.3) is 0 Å². The zero-order valence-electron chi connectivity index (χ0n) is 15.6. The fraction of sp³-hybridized carbons (Fsp3) is 0.944. The maximum absolute atomic E-state index is 5.72. The number of halogens is 1. The Morgan fingerprint density at radius 2 is 1.96 bits per heavy atom. The van der Waals surface area contributed by atoms with E-state index < -0.39 is 0 Å². The van der Waals surface area contributed by atoms with Crippen LogP contribution in [0.15, 0.2) is 4.99 Å². The van der Waals surface area contributed by atoms with Crippen LogP contribution >= 0.6 is 35.7 Å². The van der Waals surface area contributed by atoms with Crippen molar-refractivity contribution >= 4 is 41.7 Å². The van der Waals surface area contributed by atoms with Crippen molar-refractivity contribution in [2.45, 2.75) is 57.1 Å². The number of guanidine groups is 1. The minimum Gasteiger partial charge on any atom is -0.376 e. The second kappa shape index (κ2) is 11.2. The van der Waals surface area contributed by atoms with Crippen molar-refractivity contribution in [2.75, 3.05) is 50.8 Å².